The lowest BCUT2D eigenvalue weighted by Crippen LogP contribution is -2.34. The maximum atomic E-state index is 12.5. The predicted octanol–water partition coefficient (Wildman–Crippen LogP) is 2.02. The smallest absolute Gasteiger partial charge is 0.351 e. The van der Waals surface area contributed by atoms with Crippen molar-refractivity contribution < 1.29 is 19.3 Å². The van der Waals surface area contributed by atoms with Crippen LogP contribution in [0.15, 0.2) is 29.1 Å². The van der Waals surface area contributed by atoms with Crippen molar-refractivity contribution in [3.8, 4) is 29.0 Å². The van der Waals surface area contributed by atoms with Crippen molar-refractivity contribution in [3.63, 3.8) is 0 Å². The van der Waals surface area contributed by atoms with Crippen LogP contribution in [0.2, 0.25) is 0 Å². The van der Waals surface area contributed by atoms with E-state index in [2.05, 4.69) is 16.8 Å². The van der Waals surface area contributed by atoms with Crippen LogP contribution in [0.1, 0.15) is 31.9 Å². The Labute approximate surface area is 182 Å². The normalized spacial score (nSPS) is 18.9. The molecule has 0 amide bonds. The van der Waals surface area contributed by atoms with E-state index in [0.717, 1.165) is 22.4 Å². The van der Waals surface area contributed by atoms with E-state index in [1.54, 1.807) is 10.6 Å². The largest absolute Gasteiger partial charge is 0.475 e. The number of fused-ring (bicyclic) bond motifs is 3. The van der Waals surface area contributed by atoms with Crippen molar-refractivity contribution >= 4 is 0 Å². The lowest BCUT2D eigenvalue weighted by atomic mass is 9.89. The fourth-order valence-corrected chi connectivity index (χ4v) is 3.54. The van der Waals surface area contributed by atoms with E-state index in [1.165, 1.54) is 0 Å². The monoisotopic (exact) mass is 424 g/mol. The topological polar surface area (TPSA) is 82.8 Å². The molecule has 0 spiro atoms. The standard InChI is InChI=1S/C24H28N2O5/c1-24(2,3)21(27)7-5-16-4-6-19-17(12-16)8-9-26-20(19)13-22(25-23(26)28)31-15-18-14-29-10-11-30-18/h4,6,12-13,18,21,27H,8-11,14-15H2,1-3H3. The summed E-state index contributed by atoms with van der Waals surface area (Å²) < 4.78 is 18.4. The number of ether oxygens (including phenoxy) is 3. The Kier molecular flexibility index (Phi) is 6.15. The summed E-state index contributed by atoms with van der Waals surface area (Å²) in [6.07, 6.45) is -0.146. The molecule has 0 saturated carbocycles. The van der Waals surface area contributed by atoms with Gasteiger partial charge in [0.05, 0.1) is 25.5 Å². The second kappa shape index (κ2) is 8.83. The molecule has 1 saturated heterocycles. The summed E-state index contributed by atoms with van der Waals surface area (Å²) >= 11 is 0. The van der Waals surface area contributed by atoms with Crippen molar-refractivity contribution in [1.29, 1.82) is 0 Å². The van der Waals surface area contributed by atoms with Gasteiger partial charge in [0.2, 0.25) is 5.88 Å². The van der Waals surface area contributed by atoms with Gasteiger partial charge in [0.1, 0.15) is 18.8 Å². The highest BCUT2D eigenvalue weighted by Crippen LogP contribution is 2.30. The lowest BCUT2D eigenvalue weighted by Gasteiger charge is -2.24. The maximum Gasteiger partial charge on any atom is 0.351 e. The van der Waals surface area contributed by atoms with E-state index in [9.17, 15) is 9.90 Å². The highest BCUT2D eigenvalue weighted by molar-refractivity contribution is 5.68. The second-order valence-electron chi connectivity index (χ2n) is 8.95. The third-order valence-corrected chi connectivity index (χ3v) is 5.45. The van der Waals surface area contributed by atoms with Crippen LogP contribution in [0.5, 0.6) is 5.88 Å². The Hall–Kier alpha value is -2.66. The van der Waals surface area contributed by atoms with Gasteiger partial charge in [0, 0.05) is 23.7 Å². The molecule has 2 aliphatic rings. The van der Waals surface area contributed by atoms with Gasteiger partial charge < -0.3 is 19.3 Å². The zero-order valence-electron chi connectivity index (χ0n) is 18.2. The average Bonchev–Trinajstić information content (AvgIpc) is 2.75. The first-order valence-electron chi connectivity index (χ1n) is 10.6. The molecule has 164 valence electrons. The first kappa shape index (κ1) is 21.6. The van der Waals surface area contributed by atoms with Gasteiger partial charge in [-0.15, -0.1) is 0 Å². The molecule has 2 aromatic rings. The van der Waals surface area contributed by atoms with Crippen LogP contribution < -0.4 is 10.4 Å². The van der Waals surface area contributed by atoms with Gasteiger partial charge in [-0.3, -0.25) is 4.57 Å². The molecule has 0 radical (unpaired) electrons. The van der Waals surface area contributed by atoms with Crippen LogP contribution >= 0.6 is 0 Å². The summed E-state index contributed by atoms with van der Waals surface area (Å²) in [6.45, 7) is 8.30. The van der Waals surface area contributed by atoms with Crippen LogP contribution in [0.25, 0.3) is 11.3 Å². The number of hydrogen-bond acceptors (Lipinski definition) is 6. The van der Waals surface area contributed by atoms with Crippen LogP contribution in [0.3, 0.4) is 0 Å². The predicted molar refractivity (Wildman–Crippen MR) is 116 cm³/mol. The van der Waals surface area contributed by atoms with E-state index in [1.807, 2.05) is 39.0 Å². The third kappa shape index (κ3) is 4.99. The van der Waals surface area contributed by atoms with Crippen LogP contribution in [-0.2, 0) is 22.4 Å². The summed E-state index contributed by atoms with van der Waals surface area (Å²) in [5.74, 6) is 6.29. The van der Waals surface area contributed by atoms with Crippen LogP contribution in [0.4, 0.5) is 0 Å². The molecule has 1 aromatic carbocycles. The van der Waals surface area contributed by atoms with Gasteiger partial charge >= 0.3 is 5.69 Å². The Morgan fingerprint density at radius 3 is 2.90 bits per heavy atom. The number of rotatable bonds is 3. The Morgan fingerprint density at radius 2 is 2.16 bits per heavy atom. The molecule has 7 heteroatoms. The zero-order valence-corrected chi connectivity index (χ0v) is 18.2. The minimum Gasteiger partial charge on any atom is -0.475 e. The van der Waals surface area contributed by atoms with Crippen LogP contribution in [0, 0.1) is 17.3 Å². The Morgan fingerprint density at radius 1 is 1.32 bits per heavy atom. The molecule has 2 unspecified atom stereocenters. The summed E-state index contributed by atoms with van der Waals surface area (Å²) in [5.41, 5.74) is 3.09. The molecular weight excluding hydrogens is 396 g/mol. The van der Waals surface area contributed by atoms with Crippen molar-refractivity contribution in [1.82, 2.24) is 9.55 Å². The fourth-order valence-electron chi connectivity index (χ4n) is 3.54. The van der Waals surface area contributed by atoms with E-state index in [0.29, 0.717) is 32.8 Å². The molecule has 4 rings (SSSR count). The van der Waals surface area contributed by atoms with E-state index in [-0.39, 0.29) is 29.7 Å². The SMILES string of the molecule is CC(C)(C)C(O)C#Cc1ccc2c(c1)CCn1c-2cc(OCC2COCCO2)nc1=O. The lowest BCUT2D eigenvalue weighted by molar-refractivity contribution is -0.102. The molecule has 31 heavy (non-hydrogen) atoms. The highest BCUT2D eigenvalue weighted by Gasteiger charge is 2.22. The number of aliphatic hydroxyl groups excluding tert-OH is 1. The first-order chi connectivity index (χ1) is 14.8. The summed E-state index contributed by atoms with van der Waals surface area (Å²) in [5, 5.41) is 10.2. The van der Waals surface area contributed by atoms with E-state index >= 15 is 0 Å². The van der Waals surface area contributed by atoms with E-state index in [4.69, 9.17) is 14.2 Å². The molecule has 0 aliphatic carbocycles. The molecular formula is C24H28N2O5. The average molecular weight is 424 g/mol. The molecule has 1 aromatic heterocycles. The number of aryl methyl sites for hydroxylation is 1. The van der Waals surface area contributed by atoms with Gasteiger partial charge in [0.25, 0.3) is 0 Å². The van der Waals surface area contributed by atoms with Crippen molar-refractivity contribution in [3.05, 3.63) is 45.9 Å². The van der Waals surface area contributed by atoms with Gasteiger partial charge in [-0.2, -0.15) is 4.98 Å². The second-order valence-corrected chi connectivity index (χ2v) is 8.95. The van der Waals surface area contributed by atoms with Gasteiger partial charge in [-0.25, -0.2) is 4.79 Å². The van der Waals surface area contributed by atoms with Gasteiger partial charge in [0.15, 0.2) is 0 Å². The van der Waals surface area contributed by atoms with Crippen LogP contribution in [-0.4, -0.2) is 53.3 Å². The van der Waals surface area contributed by atoms with Gasteiger partial charge in [-0.05, 0) is 29.5 Å². The summed E-state index contributed by atoms with van der Waals surface area (Å²) in [7, 11) is 0. The molecule has 1 N–H and O–H groups in total. The minimum absolute atomic E-state index is 0.161. The number of nitrogens with zero attached hydrogens (tertiary/aromatic N) is 2. The van der Waals surface area contributed by atoms with Crippen molar-refractivity contribution in [2.75, 3.05) is 26.4 Å². The van der Waals surface area contributed by atoms with E-state index < -0.39 is 6.10 Å². The zero-order chi connectivity index (χ0) is 22.0. The molecule has 7 nitrogen and oxygen atoms in total. The Balaban J connectivity index is 1.57. The molecule has 3 heterocycles. The molecule has 2 aliphatic heterocycles. The fraction of sp³-hybridized carbons (Fsp3) is 0.500. The minimum atomic E-state index is -0.702. The number of benzene rings is 1. The highest BCUT2D eigenvalue weighted by atomic mass is 16.6. The maximum absolute atomic E-state index is 12.5. The van der Waals surface area contributed by atoms with Gasteiger partial charge in [-0.1, -0.05) is 38.7 Å². The van der Waals surface area contributed by atoms with Crippen molar-refractivity contribution in [2.24, 2.45) is 5.41 Å². The number of aromatic nitrogens is 2. The van der Waals surface area contributed by atoms with Crippen molar-refractivity contribution in [2.45, 2.75) is 45.9 Å². The molecule has 0 bridgehead atoms. The third-order valence-electron chi connectivity index (χ3n) is 5.45. The summed E-state index contributed by atoms with van der Waals surface area (Å²) in [6, 6.07) is 7.71. The first-order valence-corrected chi connectivity index (χ1v) is 10.6. The molecule has 1 fully saturated rings. The summed E-state index contributed by atoms with van der Waals surface area (Å²) in [4.78, 5) is 16.6. The molecule has 2 atom stereocenters. The number of hydrogen-bond donors (Lipinski definition) is 1. The quantitative estimate of drug-likeness (QED) is 0.759. The number of aliphatic hydroxyl groups is 1. The Bertz CT molecular complexity index is 1070.